The molecule has 0 bridgehead atoms. The quantitative estimate of drug-likeness (QED) is 0.800. The van der Waals surface area contributed by atoms with Crippen molar-refractivity contribution in [1.82, 2.24) is 0 Å². The minimum absolute atomic E-state index is 0.0135. The third-order valence-electron chi connectivity index (χ3n) is 2.01. The van der Waals surface area contributed by atoms with Gasteiger partial charge in [0.05, 0.1) is 13.7 Å². The van der Waals surface area contributed by atoms with Gasteiger partial charge in [-0.25, -0.2) is 0 Å². The van der Waals surface area contributed by atoms with Crippen LogP contribution >= 0.6 is 0 Å². The molecular weight excluding hydrogens is 178 g/mol. The van der Waals surface area contributed by atoms with Crippen LogP contribution in [-0.4, -0.2) is 13.7 Å². The molecule has 78 valence electrons. The van der Waals surface area contributed by atoms with E-state index < -0.39 is 0 Å². The summed E-state index contributed by atoms with van der Waals surface area (Å²) in [4.78, 5) is 0. The van der Waals surface area contributed by atoms with Crippen LogP contribution in [0.4, 0.5) is 0 Å². The van der Waals surface area contributed by atoms with Gasteiger partial charge in [0, 0.05) is 6.04 Å². The molecule has 0 aromatic heterocycles. The highest BCUT2D eigenvalue weighted by Crippen LogP contribution is 2.29. The van der Waals surface area contributed by atoms with Crippen molar-refractivity contribution >= 4 is 0 Å². The number of hydrogen-bond acceptors (Lipinski definition) is 3. The van der Waals surface area contributed by atoms with Crippen LogP contribution in [0.2, 0.25) is 0 Å². The van der Waals surface area contributed by atoms with Crippen LogP contribution in [0.15, 0.2) is 18.2 Å². The van der Waals surface area contributed by atoms with Gasteiger partial charge in [0.15, 0.2) is 11.5 Å². The Morgan fingerprint density at radius 3 is 2.57 bits per heavy atom. The second-order valence-electron chi connectivity index (χ2n) is 3.13. The third kappa shape index (κ3) is 2.39. The van der Waals surface area contributed by atoms with Gasteiger partial charge in [-0.2, -0.15) is 0 Å². The van der Waals surface area contributed by atoms with Crippen molar-refractivity contribution in [2.75, 3.05) is 13.7 Å². The number of nitrogens with two attached hydrogens (primary N) is 1. The Hall–Kier alpha value is -1.22. The lowest BCUT2D eigenvalue weighted by molar-refractivity contribution is 0.310. The fourth-order valence-corrected chi connectivity index (χ4v) is 1.24. The molecule has 3 heteroatoms. The summed E-state index contributed by atoms with van der Waals surface area (Å²) >= 11 is 0. The van der Waals surface area contributed by atoms with Gasteiger partial charge in [-0.3, -0.25) is 0 Å². The zero-order valence-electron chi connectivity index (χ0n) is 8.91. The summed E-state index contributed by atoms with van der Waals surface area (Å²) in [5, 5.41) is 0. The Bertz CT molecular complexity index is 297. The number of hydrogen-bond donors (Lipinski definition) is 1. The molecule has 0 fully saturated rings. The maximum atomic E-state index is 5.76. The second-order valence-corrected chi connectivity index (χ2v) is 3.13. The van der Waals surface area contributed by atoms with Gasteiger partial charge >= 0.3 is 0 Å². The monoisotopic (exact) mass is 195 g/mol. The minimum Gasteiger partial charge on any atom is -0.493 e. The molecule has 0 aliphatic rings. The lowest BCUT2D eigenvalue weighted by Gasteiger charge is -2.12. The highest BCUT2D eigenvalue weighted by Gasteiger charge is 2.06. The van der Waals surface area contributed by atoms with Crippen molar-refractivity contribution in [3.05, 3.63) is 23.8 Å². The second kappa shape index (κ2) is 4.86. The van der Waals surface area contributed by atoms with E-state index in [0.717, 1.165) is 17.1 Å². The fraction of sp³-hybridized carbons (Fsp3) is 0.455. The van der Waals surface area contributed by atoms with E-state index in [4.69, 9.17) is 15.2 Å². The molecule has 0 saturated carbocycles. The maximum absolute atomic E-state index is 5.76. The van der Waals surface area contributed by atoms with E-state index in [-0.39, 0.29) is 6.04 Å². The van der Waals surface area contributed by atoms with Gasteiger partial charge in [0.25, 0.3) is 0 Å². The van der Waals surface area contributed by atoms with Gasteiger partial charge in [-0.1, -0.05) is 6.07 Å². The molecule has 1 aromatic carbocycles. The predicted molar refractivity (Wildman–Crippen MR) is 56.8 cm³/mol. The van der Waals surface area contributed by atoms with Crippen LogP contribution in [0.1, 0.15) is 25.5 Å². The van der Waals surface area contributed by atoms with Gasteiger partial charge in [-0.05, 0) is 31.5 Å². The molecule has 0 saturated heterocycles. The first-order valence-corrected chi connectivity index (χ1v) is 4.75. The molecule has 0 radical (unpaired) electrons. The van der Waals surface area contributed by atoms with E-state index in [2.05, 4.69) is 0 Å². The Balaban J connectivity index is 2.98. The molecule has 0 amide bonds. The molecule has 1 rings (SSSR count). The summed E-state index contributed by atoms with van der Waals surface area (Å²) < 4.78 is 10.6. The zero-order chi connectivity index (χ0) is 10.6. The first kappa shape index (κ1) is 10.9. The lowest BCUT2D eigenvalue weighted by Crippen LogP contribution is -2.05. The maximum Gasteiger partial charge on any atom is 0.161 e. The first-order valence-electron chi connectivity index (χ1n) is 4.75. The Kier molecular flexibility index (Phi) is 3.77. The summed E-state index contributed by atoms with van der Waals surface area (Å²) in [6.45, 7) is 4.52. The molecule has 2 N–H and O–H groups in total. The third-order valence-corrected chi connectivity index (χ3v) is 2.01. The first-order chi connectivity index (χ1) is 6.69. The summed E-state index contributed by atoms with van der Waals surface area (Å²) in [5.41, 5.74) is 6.81. The number of rotatable bonds is 4. The molecule has 0 aliphatic carbocycles. The highest BCUT2D eigenvalue weighted by molar-refractivity contribution is 5.43. The Labute approximate surface area is 84.8 Å². The molecular formula is C11H17NO2. The van der Waals surface area contributed by atoms with Gasteiger partial charge in [-0.15, -0.1) is 0 Å². The minimum atomic E-state index is 0.0135. The molecule has 0 heterocycles. The van der Waals surface area contributed by atoms with E-state index in [1.54, 1.807) is 7.11 Å². The van der Waals surface area contributed by atoms with E-state index in [9.17, 15) is 0 Å². The standard InChI is InChI=1S/C11H17NO2/c1-4-14-10-6-5-9(8(2)12)7-11(10)13-3/h5-8H,4,12H2,1-3H3/t8-/m1/s1. The van der Waals surface area contributed by atoms with E-state index >= 15 is 0 Å². The Morgan fingerprint density at radius 2 is 2.07 bits per heavy atom. The van der Waals surface area contributed by atoms with Crippen molar-refractivity contribution < 1.29 is 9.47 Å². The van der Waals surface area contributed by atoms with Crippen LogP contribution in [0.5, 0.6) is 11.5 Å². The average molecular weight is 195 g/mol. The van der Waals surface area contributed by atoms with Crippen LogP contribution in [0, 0.1) is 0 Å². The lowest BCUT2D eigenvalue weighted by atomic mass is 10.1. The number of ether oxygens (including phenoxy) is 2. The van der Waals surface area contributed by atoms with Crippen LogP contribution in [-0.2, 0) is 0 Å². The van der Waals surface area contributed by atoms with E-state index in [1.807, 2.05) is 32.0 Å². The summed E-state index contributed by atoms with van der Waals surface area (Å²) in [6, 6.07) is 5.77. The van der Waals surface area contributed by atoms with Crippen LogP contribution in [0.25, 0.3) is 0 Å². The van der Waals surface area contributed by atoms with Crippen molar-refractivity contribution in [3.63, 3.8) is 0 Å². The molecule has 0 unspecified atom stereocenters. The molecule has 3 nitrogen and oxygen atoms in total. The molecule has 14 heavy (non-hydrogen) atoms. The zero-order valence-corrected chi connectivity index (χ0v) is 8.91. The predicted octanol–water partition coefficient (Wildman–Crippen LogP) is 2.11. The van der Waals surface area contributed by atoms with Gasteiger partial charge in [0.1, 0.15) is 0 Å². The van der Waals surface area contributed by atoms with Crippen molar-refractivity contribution in [2.45, 2.75) is 19.9 Å². The fourth-order valence-electron chi connectivity index (χ4n) is 1.24. The van der Waals surface area contributed by atoms with Gasteiger partial charge in [0.2, 0.25) is 0 Å². The van der Waals surface area contributed by atoms with Gasteiger partial charge < -0.3 is 15.2 Å². The Morgan fingerprint density at radius 1 is 1.36 bits per heavy atom. The average Bonchev–Trinajstić information content (AvgIpc) is 2.18. The molecule has 0 aliphatic heterocycles. The summed E-state index contributed by atoms with van der Waals surface area (Å²) in [6.07, 6.45) is 0. The van der Waals surface area contributed by atoms with Crippen molar-refractivity contribution in [3.8, 4) is 11.5 Å². The smallest absolute Gasteiger partial charge is 0.161 e. The largest absolute Gasteiger partial charge is 0.493 e. The summed E-state index contributed by atoms with van der Waals surface area (Å²) in [7, 11) is 1.63. The summed E-state index contributed by atoms with van der Waals surface area (Å²) in [5.74, 6) is 1.50. The highest BCUT2D eigenvalue weighted by atomic mass is 16.5. The SMILES string of the molecule is CCOc1ccc([C@@H](C)N)cc1OC. The van der Waals surface area contributed by atoms with Crippen LogP contribution < -0.4 is 15.2 Å². The molecule has 0 spiro atoms. The molecule has 1 atom stereocenters. The number of benzene rings is 1. The van der Waals surface area contributed by atoms with E-state index in [0.29, 0.717) is 6.61 Å². The van der Waals surface area contributed by atoms with E-state index in [1.165, 1.54) is 0 Å². The normalized spacial score (nSPS) is 12.3. The topological polar surface area (TPSA) is 44.5 Å². The van der Waals surface area contributed by atoms with Crippen molar-refractivity contribution in [1.29, 1.82) is 0 Å². The molecule has 1 aromatic rings. The van der Waals surface area contributed by atoms with Crippen molar-refractivity contribution in [2.24, 2.45) is 5.73 Å². The van der Waals surface area contributed by atoms with Crippen LogP contribution in [0.3, 0.4) is 0 Å². The number of methoxy groups -OCH3 is 1.